The highest BCUT2D eigenvalue weighted by Crippen LogP contribution is 2.31. The predicted octanol–water partition coefficient (Wildman–Crippen LogP) is 2.39. The minimum atomic E-state index is -0.145. The largest absolute Gasteiger partial charge is 0.369 e. The highest BCUT2D eigenvalue weighted by molar-refractivity contribution is 5.48. The number of hydrogen-bond donors (Lipinski definition) is 1. The van der Waals surface area contributed by atoms with E-state index in [1.54, 1.807) is 6.07 Å². The van der Waals surface area contributed by atoms with Crippen molar-refractivity contribution in [2.24, 2.45) is 11.1 Å². The van der Waals surface area contributed by atoms with E-state index in [0.29, 0.717) is 5.69 Å². The molecule has 1 aliphatic heterocycles. The fraction of sp³-hybridized carbons (Fsp3) is 0.538. The molecule has 2 N–H and O–H groups in total. The van der Waals surface area contributed by atoms with Crippen LogP contribution in [0.5, 0.6) is 0 Å². The van der Waals surface area contributed by atoms with Gasteiger partial charge < -0.3 is 10.6 Å². The zero-order chi connectivity index (χ0) is 11.8. The second-order valence-corrected chi connectivity index (χ2v) is 5.26. The summed E-state index contributed by atoms with van der Waals surface area (Å²) in [5.74, 6) is -0.145. The van der Waals surface area contributed by atoms with Crippen molar-refractivity contribution < 1.29 is 4.39 Å². The summed E-state index contributed by atoms with van der Waals surface area (Å²) in [7, 11) is 0. The SMILES string of the molecule is CC1(C)CN(c2ccccc2F)CCC1N. The van der Waals surface area contributed by atoms with E-state index in [4.69, 9.17) is 5.73 Å². The molecule has 1 aromatic rings. The fourth-order valence-electron chi connectivity index (χ4n) is 2.29. The number of benzene rings is 1. The molecule has 0 spiro atoms. The summed E-state index contributed by atoms with van der Waals surface area (Å²) >= 11 is 0. The van der Waals surface area contributed by atoms with Gasteiger partial charge >= 0.3 is 0 Å². The molecule has 88 valence electrons. The molecule has 0 saturated carbocycles. The first kappa shape index (κ1) is 11.4. The maximum Gasteiger partial charge on any atom is 0.146 e. The van der Waals surface area contributed by atoms with Crippen molar-refractivity contribution in [2.75, 3.05) is 18.0 Å². The standard InChI is InChI=1S/C13H19FN2/c1-13(2)9-16(8-7-12(13)15)11-6-4-3-5-10(11)14/h3-6,12H,7-9,15H2,1-2H3. The first-order valence-electron chi connectivity index (χ1n) is 5.76. The van der Waals surface area contributed by atoms with Gasteiger partial charge in [-0.3, -0.25) is 0 Å². The summed E-state index contributed by atoms with van der Waals surface area (Å²) in [6.07, 6.45) is 0.918. The van der Waals surface area contributed by atoms with Crippen molar-refractivity contribution in [3.63, 3.8) is 0 Å². The Bertz CT molecular complexity index is 376. The van der Waals surface area contributed by atoms with Crippen LogP contribution in [0.4, 0.5) is 10.1 Å². The number of para-hydroxylation sites is 1. The number of halogens is 1. The third-order valence-corrected chi connectivity index (χ3v) is 3.51. The summed E-state index contributed by atoms with van der Waals surface area (Å²) in [5, 5.41) is 0. The maximum atomic E-state index is 13.7. The van der Waals surface area contributed by atoms with Crippen LogP contribution in [0.15, 0.2) is 24.3 Å². The van der Waals surface area contributed by atoms with Crippen LogP contribution in [0, 0.1) is 11.2 Å². The van der Waals surface area contributed by atoms with E-state index in [1.165, 1.54) is 6.07 Å². The lowest BCUT2D eigenvalue weighted by atomic mass is 9.79. The normalized spacial score (nSPS) is 24.5. The van der Waals surface area contributed by atoms with Crippen LogP contribution >= 0.6 is 0 Å². The van der Waals surface area contributed by atoms with Crippen molar-refractivity contribution in [3.8, 4) is 0 Å². The molecule has 1 aliphatic rings. The molecule has 2 rings (SSSR count). The van der Waals surface area contributed by atoms with Gasteiger partial charge in [-0.05, 0) is 24.0 Å². The molecular weight excluding hydrogens is 203 g/mol. The van der Waals surface area contributed by atoms with Gasteiger partial charge in [0.2, 0.25) is 0 Å². The lowest BCUT2D eigenvalue weighted by Crippen LogP contribution is -2.52. The lowest BCUT2D eigenvalue weighted by molar-refractivity contribution is 0.244. The highest BCUT2D eigenvalue weighted by atomic mass is 19.1. The lowest BCUT2D eigenvalue weighted by Gasteiger charge is -2.43. The molecule has 0 aromatic heterocycles. The van der Waals surface area contributed by atoms with E-state index in [0.717, 1.165) is 19.5 Å². The molecular formula is C13H19FN2. The summed E-state index contributed by atoms with van der Waals surface area (Å²) in [6, 6.07) is 7.15. The van der Waals surface area contributed by atoms with Crippen LogP contribution in [0.3, 0.4) is 0 Å². The van der Waals surface area contributed by atoms with Gasteiger partial charge in [0.1, 0.15) is 5.82 Å². The van der Waals surface area contributed by atoms with Gasteiger partial charge in [-0.1, -0.05) is 26.0 Å². The zero-order valence-corrected chi connectivity index (χ0v) is 9.91. The molecule has 0 bridgehead atoms. The summed E-state index contributed by atoms with van der Waals surface area (Å²) in [6.45, 7) is 5.94. The molecule has 0 radical (unpaired) electrons. The molecule has 2 nitrogen and oxygen atoms in total. The Kier molecular flexibility index (Phi) is 2.89. The van der Waals surface area contributed by atoms with E-state index in [1.807, 2.05) is 12.1 Å². The third kappa shape index (κ3) is 2.05. The minimum Gasteiger partial charge on any atom is -0.369 e. The van der Waals surface area contributed by atoms with Crippen LogP contribution < -0.4 is 10.6 Å². The number of anilines is 1. The Morgan fingerprint density at radius 2 is 2.06 bits per heavy atom. The van der Waals surface area contributed by atoms with Gasteiger partial charge in [-0.2, -0.15) is 0 Å². The Morgan fingerprint density at radius 3 is 2.69 bits per heavy atom. The third-order valence-electron chi connectivity index (χ3n) is 3.51. The number of hydrogen-bond acceptors (Lipinski definition) is 2. The molecule has 16 heavy (non-hydrogen) atoms. The Hall–Kier alpha value is -1.09. The Balaban J connectivity index is 2.21. The average Bonchev–Trinajstić information content (AvgIpc) is 2.23. The van der Waals surface area contributed by atoms with Crippen molar-refractivity contribution >= 4 is 5.69 Å². The summed E-state index contributed by atoms with van der Waals surface area (Å²) in [4.78, 5) is 2.10. The molecule has 0 aliphatic carbocycles. The second-order valence-electron chi connectivity index (χ2n) is 5.26. The molecule has 0 amide bonds. The van der Waals surface area contributed by atoms with Crippen molar-refractivity contribution in [1.29, 1.82) is 0 Å². The second kappa shape index (κ2) is 4.06. The molecule has 1 unspecified atom stereocenters. The summed E-state index contributed by atoms with van der Waals surface area (Å²) in [5.41, 5.74) is 6.81. The van der Waals surface area contributed by atoms with Gasteiger partial charge in [-0.15, -0.1) is 0 Å². The topological polar surface area (TPSA) is 29.3 Å². The Morgan fingerprint density at radius 1 is 1.38 bits per heavy atom. The van der Waals surface area contributed by atoms with Crippen molar-refractivity contribution in [3.05, 3.63) is 30.1 Å². The van der Waals surface area contributed by atoms with Crippen LogP contribution in [0.2, 0.25) is 0 Å². The van der Waals surface area contributed by atoms with Gasteiger partial charge in [0, 0.05) is 19.1 Å². The fourth-order valence-corrected chi connectivity index (χ4v) is 2.29. The van der Waals surface area contributed by atoms with Crippen molar-refractivity contribution in [2.45, 2.75) is 26.3 Å². The van der Waals surface area contributed by atoms with Gasteiger partial charge in [0.05, 0.1) is 5.69 Å². The molecule has 1 atom stereocenters. The monoisotopic (exact) mass is 222 g/mol. The number of nitrogens with zero attached hydrogens (tertiary/aromatic N) is 1. The smallest absolute Gasteiger partial charge is 0.146 e. The first-order valence-corrected chi connectivity index (χ1v) is 5.76. The van der Waals surface area contributed by atoms with Gasteiger partial charge in [0.15, 0.2) is 0 Å². The molecule has 1 fully saturated rings. The highest BCUT2D eigenvalue weighted by Gasteiger charge is 2.34. The van der Waals surface area contributed by atoms with Gasteiger partial charge in [0.25, 0.3) is 0 Å². The van der Waals surface area contributed by atoms with Gasteiger partial charge in [-0.25, -0.2) is 4.39 Å². The van der Waals surface area contributed by atoms with Crippen LogP contribution in [0.25, 0.3) is 0 Å². The van der Waals surface area contributed by atoms with Crippen LogP contribution in [-0.4, -0.2) is 19.1 Å². The summed E-state index contributed by atoms with van der Waals surface area (Å²) < 4.78 is 13.7. The van der Waals surface area contributed by atoms with E-state index in [9.17, 15) is 4.39 Å². The molecule has 1 heterocycles. The minimum absolute atomic E-state index is 0.0422. The van der Waals surface area contributed by atoms with Crippen LogP contribution in [-0.2, 0) is 0 Å². The van der Waals surface area contributed by atoms with Crippen molar-refractivity contribution in [1.82, 2.24) is 0 Å². The predicted molar refractivity (Wildman–Crippen MR) is 65.0 cm³/mol. The van der Waals surface area contributed by atoms with E-state index < -0.39 is 0 Å². The number of piperidine rings is 1. The van der Waals surface area contributed by atoms with E-state index in [2.05, 4.69) is 18.7 Å². The Labute approximate surface area is 96.2 Å². The first-order chi connectivity index (χ1) is 7.50. The molecule has 1 aromatic carbocycles. The quantitative estimate of drug-likeness (QED) is 0.790. The zero-order valence-electron chi connectivity index (χ0n) is 9.91. The number of nitrogens with two attached hydrogens (primary N) is 1. The molecule has 1 saturated heterocycles. The van der Waals surface area contributed by atoms with E-state index >= 15 is 0 Å². The maximum absolute atomic E-state index is 13.7. The molecule has 3 heteroatoms. The van der Waals surface area contributed by atoms with E-state index in [-0.39, 0.29) is 17.3 Å². The number of rotatable bonds is 1. The average molecular weight is 222 g/mol. The van der Waals surface area contributed by atoms with Crippen LogP contribution in [0.1, 0.15) is 20.3 Å².